The molecule has 0 heterocycles. The van der Waals surface area contributed by atoms with E-state index in [9.17, 15) is 4.79 Å². The summed E-state index contributed by atoms with van der Waals surface area (Å²) in [7, 11) is 0. The molecule has 0 fully saturated rings. The van der Waals surface area contributed by atoms with Gasteiger partial charge in [0.15, 0.2) is 0 Å². The molecule has 2 N–H and O–H groups in total. The molecule has 11 heavy (non-hydrogen) atoms. The van der Waals surface area contributed by atoms with Crippen LogP contribution in [0.15, 0.2) is 24.3 Å². The van der Waals surface area contributed by atoms with Crippen LogP contribution < -0.4 is 0 Å². The van der Waals surface area contributed by atoms with Gasteiger partial charge in [-0.3, -0.25) is 0 Å². The molecule has 0 spiro atoms. The van der Waals surface area contributed by atoms with Gasteiger partial charge in [-0.25, -0.2) is 4.79 Å². The molecule has 3 heteroatoms. The first-order chi connectivity index (χ1) is 5.27. The molecule has 0 aromatic heterocycles. The Morgan fingerprint density at radius 3 is 2.36 bits per heavy atom. The molecule has 0 saturated carbocycles. The zero-order chi connectivity index (χ0) is 8.53. The minimum absolute atomic E-state index is 0.0443. The van der Waals surface area contributed by atoms with E-state index in [1.54, 1.807) is 12.2 Å². The second-order valence-corrected chi connectivity index (χ2v) is 1.97. The number of aliphatic hydroxyl groups is 1. The fourth-order valence-electron chi connectivity index (χ4n) is 0.569. The largest absolute Gasteiger partial charge is 0.478 e. The fraction of sp³-hybridized carbons (Fsp3) is 0.375. The van der Waals surface area contributed by atoms with E-state index in [0.29, 0.717) is 6.42 Å². The molecule has 0 rings (SSSR count). The number of hydrogen-bond acceptors (Lipinski definition) is 2. The van der Waals surface area contributed by atoms with Gasteiger partial charge in [-0.1, -0.05) is 18.2 Å². The van der Waals surface area contributed by atoms with Crippen LogP contribution in [-0.4, -0.2) is 22.8 Å². The minimum atomic E-state index is -0.920. The van der Waals surface area contributed by atoms with E-state index in [0.717, 1.165) is 12.5 Å². The maximum absolute atomic E-state index is 9.94. The summed E-state index contributed by atoms with van der Waals surface area (Å²) < 4.78 is 0. The van der Waals surface area contributed by atoms with Crippen LogP contribution in [0, 0.1) is 0 Å². The number of carbonyl (C=O) groups is 1. The van der Waals surface area contributed by atoms with Crippen LogP contribution in [0.3, 0.4) is 0 Å². The van der Waals surface area contributed by atoms with Gasteiger partial charge in [0.1, 0.15) is 0 Å². The van der Waals surface area contributed by atoms with Gasteiger partial charge in [-0.2, -0.15) is 0 Å². The van der Waals surface area contributed by atoms with E-state index >= 15 is 0 Å². The van der Waals surface area contributed by atoms with Crippen molar-refractivity contribution in [3.8, 4) is 0 Å². The normalized spacial score (nSPS) is 11.4. The Hall–Kier alpha value is -1.09. The van der Waals surface area contributed by atoms with Gasteiger partial charge in [-0.15, -0.1) is 0 Å². The maximum atomic E-state index is 9.94. The molecule has 0 unspecified atom stereocenters. The molecule has 0 amide bonds. The first-order valence-electron chi connectivity index (χ1n) is 3.42. The third-order valence-corrected chi connectivity index (χ3v) is 1.03. The summed E-state index contributed by atoms with van der Waals surface area (Å²) in [6, 6.07) is 0. The van der Waals surface area contributed by atoms with Crippen LogP contribution >= 0.6 is 0 Å². The second kappa shape index (κ2) is 7.02. The SMILES string of the molecule is O=C(O)/C=C/CC/C=C/CO. The molecule has 0 aliphatic carbocycles. The van der Waals surface area contributed by atoms with Crippen molar-refractivity contribution < 1.29 is 15.0 Å². The zero-order valence-electron chi connectivity index (χ0n) is 6.23. The number of unbranched alkanes of at least 4 members (excludes halogenated alkanes) is 1. The maximum Gasteiger partial charge on any atom is 0.327 e. The van der Waals surface area contributed by atoms with Gasteiger partial charge in [0.05, 0.1) is 6.61 Å². The quantitative estimate of drug-likeness (QED) is 0.354. The third kappa shape index (κ3) is 8.91. The second-order valence-electron chi connectivity index (χ2n) is 1.97. The highest BCUT2D eigenvalue weighted by Crippen LogP contribution is 1.91. The lowest BCUT2D eigenvalue weighted by molar-refractivity contribution is -0.131. The van der Waals surface area contributed by atoms with E-state index in [2.05, 4.69) is 0 Å². The van der Waals surface area contributed by atoms with Crippen LogP contribution in [0.2, 0.25) is 0 Å². The monoisotopic (exact) mass is 156 g/mol. The number of aliphatic hydroxyl groups excluding tert-OH is 1. The van der Waals surface area contributed by atoms with E-state index in [1.165, 1.54) is 0 Å². The highest BCUT2D eigenvalue weighted by Gasteiger charge is 1.82. The Bertz CT molecular complexity index is 159. The van der Waals surface area contributed by atoms with E-state index in [4.69, 9.17) is 10.2 Å². The summed E-state index contributed by atoms with van der Waals surface area (Å²) in [5.74, 6) is -0.920. The van der Waals surface area contributed by atoms with Gasteiger partial charge >= 0.3 is 5.97 Å². The average Bonchev–Trinajstić information content (AvgIpc) is 1.96. The fourth-order valence-corrected chi connectivity index (χ4v) is 0.569. The van der Waals surface area contributed by atoms with Gasteiger partial charge in [0.25, 0.3) is 0 Å². The predicted molar refractivity (Wildman–Crippen MR) is 42.2 cm³/mol. The number of hydrogen-bond donors (Lipinski definition) is 2. The number of carboxylic acids is 1. The average molecular weight is 156 g/mol. The van der Waals surface area contributed by atoms with E-state index in [-0.39, 0.29) is 6.61 Å². The number of aliphatic carboxylic acids is 1. The molecular formula is C8H12O3. The molecule has 0 saturated heterocycles. The van der Waals surface area contributed by atoms with Gasteiger partial charge in [0, 0.05) is 6.08 Å². The Labute approximate surface area is 65.7 Å². The molecule has 3 nitrogen and oxygen atoms in total. The van der Waals surface area contributed by atoms with Crippen molar-refractivity contribution in [1.82, 2.24) is 0 Å². The van der Waals surface area contributed by atoms with Crippen molar-refractivity contribution >= 4 is 5.97 Å². The molecule has 0 atom stereocenters. The van der Waals surface area contributed by atoms with Gasteiger partial charge < -0.3 is 10.2 Å². The summed E-state index contributed by atoms with van der Waals surface area (Å²) >= 11 is 0. The lowest BCUT2D eigenvalue weighted by atomic mass is 10.3. The van der Waals surface area contributed by atoms with Crippen molar-refractivity contribution in [2.45, 2.75) is 12.8 Å². The predicted octanol–water partition coefficient (Wildman–Crippen LogP) is 0.956. The first-order valence-corrected chi connectivity index (χ1v) is 3.42. The van der Waals surface area contributed by atoms with E-state index in [1.807, 2.05) is 6.08 Å². The van der Waals surface area contributed by atoms with Crippen LogP contribution in [-0.2, 0) is 4.79 Å². The molecule has 0 aliphatic heterocycles. The van der Waals surface area contributed by atoms with Crippen molar-refractivity contribution in [1.29, 1.82) is 0 Å². The lowest BCUT2D eigenvalue weighted by Gasteiger charge is -1.84. The van der Waals surface area contributed by atoms with Crippen LogP contribution in [0.25, 0.3) is 0 Å². The van der Waals surface area contributed by atoms with Gasteiger partial charge in [0.2, 0.25) is 0 Å². The summed E-state index contributed by atoms with van der Waals surface area (Å²) in [6.07, 6.45) is 7.62. The van der Waals surface area contributed by atoms with E-state index < -0.39 is 5.97 Å². The van der Waals surface area contributed by atoms with Gasteiger partial charge in [-0.05, 0) is 12.8 Å². The zero-order valence-corrected chi connectivity index (χ0v) is 6.23. The van der Waals surface area contributed by atoms with Crippen LogP contribution in [0.1, 0.15) is 12.8 Å². The Morgan fingerprint density at radius 1 is 1.18 bits per heavy atom. The van der Waals surface area contributed by atoms with Crippen molar-refractivity contribution in [3.63, 3.8) is 0 Å². The molecule has 0 aromatic rings. The Morgan fingerprint density at radius 2 is 1.82 bits per heavy atom. The molecular weight excluding hydrogens is 144 g/mol. The highest BCUT2D eigenvalue weighted by atomic mass is 16.4. The standard InChI is InChI=1S/C8H12O3/c9-7-5-3-1-2-4-6-8(10)11/h3-6,9H,1-2,7H2,(H,10,11)/b5-3+,6-4+. The van der Waals surface area contributed by atoms with Crippen LogP contribution in [0.4, 0.5) is 0 Å². The summed E-state index contributed by atoms with van der Waals surface area (Å²) in [5, 5.41) is 16.5. The number of allylic oxidation sites excluding steroid dienone is 2. The topological polar surface area (TPSA) is 57.5 Å². The smallest absolute Gasteiger partial charge is 0.327 e. The minimum Gasteiger partial charge on any atom is -0.478 e. The van der Waals surface area contributed by atoms with Crippen molar-refractivity contribution in [3.05, 3.63) is 24.3 Å². The Kier molecular flexibility index (Phi) is 6.33. The molecule has 0 radical (unpaired) electrons. The third-order valence-electron chi connectivity index (χ3n) is 1.03. The number of carboxylic acid groups (broad SMARTS) is 1. The summed E-state index contributed by atoms with van der Waals surface area (Å²) in [5.41, 5.74) is 0. The number of rotatable bonds is 5. The Balaban J connectivity index is 3.27. The first kappa shape index (κ1) is 9.91. The summed E-state index contributed by atoms with van der Waals surface area (Å²) in [6.45, 7) is 0.0443. The van der Waals surface area contributed by atoms with Crippen molar-refractivity contribution in [2.24, 2.45) is 0 Å². The lowest BCUT2D eigenvalue weighted by Crippen LogP contribution is -1.85. The van der Waals surface area contributed by atoms with Crippen molar-refractivity contribution in [2.75, 3.05) is 6.61 Å². The molecule has 0 aliphatic rings. The highest BCUT2D eigenvalue weighted by molar-refractivity contribution is 5.79. The molecule has 0 aromatic carbocycles. The summed E-state index contributed by atoms with van der Waals surface area (Å²) in [4.78, 5) is 9.94. The van der Waals surface area contributed by atoms with Crippen LogP contribution in [0.5, 0.6) is 0 Å². The molecule has 0 bridgehead atoms. The molecule has 62 valence electrons.